The number of nitrogens with one attached hydrogen (secondary N) is 1. The lowest BCUT2D eigenvalue weighted by atomic mass is 9.99. The van der Waals surface area contributed by atoms with Gasteiger partial charge in [-0.05, 0) is 43.9 Å². The maximum absolute atomic E-state index is 5.19. The van der Waals surface area contributed by atoms with Crippen molar-refractivity contribution in [1.29, 1.82) is 0 Å². The molecule has 0 saturated carbocycles. The Bertz CT molecular complexity index is 613. The molecule has 0 fully saturated rings. The van der Waals surface area contributed by atoms with Gasteiger partial charge >= 0.3 is 0 Å². The van der Waals surface area contributed by atoms with Crippen LogP contribution in [-0.4, -0.2) is 18.7 Å². The molecule has 112 valence electrons. The van der Waals surface area contributed by atoms with Gasteiger partial charge in [-0.3, -0.25) is 0 Å². The van der Waals surface area contributed by atoms with E-state index in [1.807, 2.05) is 13.8 Å². The smallest absolute Gasteiger partial charge is 0.138 e. The molecule has 0 bridgehead atoms. The van der Waals surface area contributed by atoms with E-state index in [1.54, 1.807) is 0 Å². The average Bonchev–Trinajstić information content (AvgIpc) is 2.79. The van der Waals surface area contributed by atoms with Crippen LogP contribution in [0, 0.1) is 13.8 Å². The molecule has 21 heavy (non-hydrogen) atoms. The first-order chi connectivity index (χ1) is 10.1. The van der Waals surface area contributed by atoms with Crippen molar-refractivity contribution in [3.05, 3.63) is 46.3 Å². The number of hydrogen-bond donors (Lipinski definition) is 1. The second-order valence-electron chi connectivity index (χ2n) is 5.89. The molecule has 1 aliphatic rings. The Balaban J connectivity index is 1.64. The Morgan fingerprint density at radius 1 is 1.29 bits per heavy atom. The summed E-state index contributed by atoms with van der Waals surface area (Å²) in [7, 11) is 2.17. The minimum atomic E-state index is 0.804. The Hall–Kier alpha value is -1.81. The van der Waals surface area contributed by atoms with Crippen LogP contribution in [0.15, 0.2) is 22.7 Å². The SMILES string of the molecule is Cc1noc(C)c1CNCc1ccc2c(c1)CCCN2C. The lowest BCUT2D eigenvalue weighted by molar-refractivity contribution is 0.392. The van der Waals surface area contributed by atoms with Crippen molar-refractivity contribution >= 4 is 5.69 Å². The van der Waals surface area contributed by atoms with Gasteiger partial charge in [-0.2, -0.15) is 0 Å². The van der Waals surface area contributed by atoms with Crippen molar-refractivity contribution in [3.63, 3.8) is 0 Å². The van der Waals surface area contributed by atoms with E-state index in [1.165, 1.54) is 35.2 Å². The van der Waals surface area contributed by atoms with E-state index in [0.717, 1.165) is 31.1 Å². The van der Waals surface area contributed by atoms with E-state index in [9.17, 15) is 0 Å². The van der Waals surface area contributed by atoms with Crippen LogP contribution in [0.2, 0.25) is 0 Å². The molecule has 2 heterocycles. The molecular formula is C17H23N3O. The number of hydrogen-bond acceptors (Lipinski definition) is 4. The Morgan fingerprint density at radius 2 is 2.14 bits per heavy atom. The fraction of sp³-hybridized carbons (Fsp3) is 0.471. The predicted octanol–water partition coefficient (Wildman–Crippen LogP) is 2.96. The summed E-state index contributed by atoms with van der Waals surface area (Å²) in [6.07, 6.45) is 2.44. The fourth-order valence-electron chi connectivity index (χ4n) is 3.03. The lowest BCUT2D eigenvalue weighted by Crippen LogP contribution is -2.24. The number of aromatic nitrogens is 1. The third kappa shape index (κ3) is 2.95. The van der Waals surface area contributed by atoms with Gasteiger partial charge in [0.2, 0.25) is 0 Å². The summed E-state index contributed by atoms with van der Waals surface area (Å²) in [4.78, 5) is 2.35. The van der Waals surface area contributed by atoms with E-state index in [2.05, 4.69) is 40.6 Å². The zero-order valence-electron chi connectivity index (χ0n) is 13.1. The second-order valence-corrected chi connectivity index (χ2v) is 5.89. The van der Waals surface area contributed by atoms with Gasteiger partial charge in [-0.1, -0.05) is 17.3 Å². The van der Waals surface area contributed by atoms with Crippen molar-refractivity contribution in [1.82, 2.24) is 10.5 Å². The van der Waals surface area contributed by atoms with Gasteiger partial charge in [0.05, 0.1) is 5.69 Å². The minimum absolute atomic E-state index is 0.804. The van der Waals surface area contributed by atoms with E-state index >= 15 is 0 Å². The molecule has 1 aromatic carbocycles. The standard InChI is InChI=1S/C17H23N3O/c1-12-16(13(2)21-19-12)11-18-10-14-6-7-17-15(9-14)5-4-8-20(17)3/h6-7,9,18H,4-5,8,10-11H2,1-3H3. The van der Waals surface area contributed by atoms with Crippen LogP contribution in [0.4, 0.5) is 5.69 Å². The third-order valence-corrected chi connectivity index (χ3v) is 4.31. The molecule has 0 spiro atoms. The van der Waals surface area contributed by atoms with E-state index in [4.69, 9.17) is 4.52 Å². The van der Waals surface area contributed by atoms with Gasteiger partial charge in [-0.15, -0.1) is 0 Å². The van der Waals surface area contributed by atoms with E-state index < -0.39 is 0 Å². The largest absolute Gasteiger partial charge is 0.374 e. The Labute approximate surface area is 126 Å². The van der Waals surface area contributed by atoms with Crippen LogP contribution in [0.5, 0.6) is 0 Å². The fourth-order valence-corrected chi connectivity index (χ4v) is 3.03. The van der Waals surface area contributed by atoms with Crippen molar-refractivity contribution < 1.29 is 4.52 Å². The first-order valence-corrected chi connectivity index (χ1v) is 7.60. The summed E-state index contributed by atoms with van der Waals surface area (Å²) >= 11 is 0. The van der Waals surface area contributed by atoms with Crippen LogP contribution in [0.1, 0.15) is 34.6 Å². The van der Waals surface area contributed by atoms with E-state index in [0.29, 0.717) is 0 Å². The number of benzene rings is 1. The van der Waals surface area contributed by atoms with Gasteiger partial charge in [0.15, 0.2) is 0 Å². The molecule has 0 atom stereocenters. The molecular weight excluding hydrogens is 262 g/mol. The second kappa shape index (κ2) is 5.90. The topological polar surface area (TPSA) is 41.3 Å². The highest BCUT2D eigenvalue weighted by atomic mass is 16.5. The van der Waals surface area contributed by atoms with Crippen LogP contribution >= 0.6 is 0 Å². The van der Waals surface area contributed by atoms with Crippen LogP contribution in [0.3, 0.4) is 0 Å². The van der Waals surface area contributed by atoms with E-state index in [-0.39, 0.29) is 0 Å². The molecule has 1 N–H and O–H groups in total. The van der Waals surface area contributed by atoms with Crippen molar-refractivity contribution in [3.8, 4) is 0 Å². The Morgan fingerprint density at radius 3 is 2.90 bits per heavy atom. The molecule has 1 aromatic heterocycles. The number of fused-ring (bicyclic) bond motifs is 1. The Kier molecular flexibility index (Phi) is 3.97. The molecule has 2 aromatic rings. The maximum Gasteiger partial charge on any atom is 0.138 e. The first-order valence-electron chi connectivity index (χ1n) is 7.60. The molecule has 3 rings (SSSR count). The van der Waals surface area contributed by atoms with Crippen molar-refractivity contribution in [2.24, 2.45) is 0 Å². The zero-order chi connectivity index (χ0) is 14.8. The summed E-state index contributed by atoms with van der Waals surface area (Å²) in [5, 5.41) is 7.48. The minimum Gasteiger partial charge on any atom is -0.374 e. The number of nitrogens with zero attached hydrogens (tertiary/aromatic N) is 2. The molecule has 0 amide bonds. The molecule has 4 nitrogen and oxygen atoms in total. The van der Waals surface area contributed by atoms with Gasteiger partial charge < -0.3 is 14.7 Å². The number of rotatable bonds is 4. The summed E-state index contributed by atoms with van der Waals surface area (Å²) in [5.41, 5.74) is 6.35. The monoisotopic (exact) mass is 285 g/mol. The number of aryl methyl sites for hydroxylation is 3. The third-order valence-electron chi connectivity index (χ3n) is 4.31. The normalized spacial score (nSPS) is 14.3. The first kappa shape index (κ1) is 14.1. The average molecular weight is 285 g/mol. The summed E-state index contributed by atoms with van der Waals surface area (Å²) < 4.78 is 5.19. The van der Waals surface area contributed by atoms with Gasteiger partial charge in [0, 0.05) is 37.9 Å². The predicted molar refractivity (Wildman–Crippen MR) is 84.6 cm³/mol. The maximum atomic E-state index is 5.19. The summed E-state index contributed by atoms with van der Waals surface area (Å²) in [6.45, 7) is 6.80. The van der Waals surface area contributed by atoms with Gasteiger partial charge in [-0.25, -0.2) is 0 Å². The zero-order valence-corrected chi connectivity index (χ0v) is 13.1. The highest BCUT2D eigenvalue weighted by molar-refractivity contribution is 5.56. The van der Waals surface area contributed by atoms with Gasteiger partial charge in [0.1, 0.15) is 5.76 Å². The molecule has 0 unspecified atom stereocenters. The lowest BCUT2D eigenvalue weighted by Gasteiger charge is -2.27. The quantitative estimate of drug-likeness (QED) is 0.937. The highest BCUT2D eigenvalue weighted by Gasteiger charge is 2.13. The van der Waals surface area contributed by atoms with Crippen LogP contribution in [-0.2, 0) is 19.5 Å². The molecule has 0 aliphatic carbocycles. The highest BCUT2D eigenvalue weighted by Crippen LogP contribution is 2.26. The van der Waals surface area contributed by atoms with Crippen molar-refractivity contribution in [2.45, 2.75) is 39.8 Å². The van der Waals surface area contributed by atoms with Crippen LogP contribution < -0.4 is 10.2 Å². The van der Waals surface area contributed by atoms with Crippen molar-refractivity contribution in [2.75, 3.05) is 18.5 Å². The summed E-state index contributed by atoms with van der Waals surface area (Å²) in [5.74, 6) is 0.909. The van der Waals surface area contributed by atoms with Gasteiger partial charge in [0.25, 0.3) is 0 Å². The molecule has 1 aliphatic heterocycles. The molecule has 0 saturated heterocycles. The van der Waals surface area contributed by atoms with Crippen LogP contribution in [0.25, 0.3) is 0 Å². The molecule has 4 heteroatoms. The molecule has 0 radical (unpaired) electrons. The number of anilines is 1. The summed E-state index contributed by atoms with van der Waals surface area (Å²) in [6, 6.07) is 6.81.